The van der Waals surface area contributed by atoms with Crippen molar-refractivity contribution in [1.82, 2.24) is 0 Å². The molecule has 0 aliphatic carbocycles. The first kappa shape index (κ1) is 12.8. The maximum absolute atomic E-state index is 6.42. The monoisotopic (exact) mass is 239 g/mol. The summed E-state index contributed by atoms with van der Waals surface area (Å²) in [5, 5.41) is 0. The maximum Gasteiger partial charge on any atom is 0.0325 e. The van der Waals surface area contributed by atoms with Gasteiger partial charge in [0.1, 0.15) is 0 Å². The van der Waals surface area contributed by atoms with Gasteiger partial charge in [0.15, 0.2) is 0 Å². The van der Waals surface area contributed by atoms with Crippen molar-refractivity contribution in [3.05, 3.63) is 71.8 Å². The number of rotatable bonds is 4. The van der Waals surface area contributed by atoms with Crippen LogP contribution in [0.3, 0.4) is 0 Å². The molecular weight excluding hydrogens is 218 g/mol. The Morgan fingerprint density at radius 1 is 0.889 bits per heavy atom. The molecule has 0 heterocycles. The number of nitrogens with two attached hydrogens (primary N) is 1. The fourth-order valence-electron chi connectivity index (χ4n) is 2.57. The molecule has 0 saturated carbocycles. The highest BCUT2D eigenvalue weighted by atomic mass is 14.7. The van der Waals surface area contributed by atoms with Crippen LogP contribution in [0.15, 0.2) is 60.7 Å². The molecular formula is C17H21N. The van der Waals surface area contributed by atoms with Gasteiger partial charge in [0.05, 0.1) is 0 Å². The summed E-state index contributed by atoms with van der Waals surface area (Å²) in [4.78, 5) is 0. The standard InChI is InChI=1S/C17H21N/c1-3-16(18)17(2,14-10-6-4-7-11-14)15-12-8-5-9-13-15/h4-13,16H,3,18H2,1-2H3. The summed E-state index contributed by atoms with van der Waals surface area (Å²) >= 11 is 0. The predicted molar refractivity (Wildman–Crippen MR) is 77.6 cm³/mol. The van der Waals surface area contributed by atoms with Gasteiger partial charge in [-0.05, 0) is 24.5 Å². The summed E-state index contributed by atoms with van der Waals surface area (Å²) in [6.45, 7) is 4.39. The summed E-state index contributed by atoms with van der Waals surface area (Å²) in [6, 6.07) is 21.2. The van der Waals surface area contributed by atoms with Crippen molar-refractivity contribution in [2.45, 2.75) is 31.7 Å². The van der Waals surface area contributed by atoms with Gasteiger partial charge in [-0.25, -0.2) is 0 Å². The van der Waals surface area contributed by atoms with Crippen LogP contribution in [0.1, 0.15) is 31.4 Å². The second-order valence-electron chi connectivity index (χ2n) is 4.95. The Labute approximate surface area is 110 Å². The Morgan fingerprint density at radius 3 is 1.61 bits per heavy atom. The first-order valence-corrected chi connectivity index (χ1v) is 6.56. The lowest BCUT2D eigenvalue weighted by atomic mass is 9.70. The van der Waals surface area contributed by atoms with E-state index in [9.17, 15) is 0 Å². The van der Waals surface area contributed by atoms with Crippen molar-refractivity contribution in [2.24, 2.45) is 5.73 Å². The maximum atomic E-state index is 6.42. The third-order valence-electron chi connectivity index (χ3n) is 3.93. The molecule has 1 unspecified atom stereocenters. The van der Waals surface area contributed by atoms with E-state index in [1.807, 2.05) is 12.1 Å². The van der Waals surface area contributed by atoms with Gasteiger partial charge in [-0.2, -0.15) is 0 Å². The predicted octanol–water partition coefficient (Wildman–Crippen LogP) is 3.73. The lowest BCUT2D eigenvalue weighted by Gasteiger charge is -2.36. The molecule has 94 valence electrons. The molecule has 2 aromatic carbocycles. The Balaban J connectivity index is 2.55. The van der Waals surface area contributed by atoms with E-state index in [-0.39, 0.29) is 11.5 Å². The van der Waals surface area contributed by atoms with E-state index in [1.54, 1.807) is 0 Å². The van der Waals surface area contributed by atoms with E-state index in [1.165, 1.54) is 11.1 Å². The zero-order valence-corrected chi connectivity index (χ0v) is 11.1. The van der Waals surface area contributed by atoms with Crippen LogP contribution < -0.4 is 5.73 Å². The summed E-state index contributed by atoms with van der Waals surface area (Å²) < 4.78 is 0. The highest BCUT2D eigenvalue weighted by Gasteiger charge is 2.34. The molecule has 0 aliphatic rings. The molecule has 2 rings (SSSR count). The van der Waals surface area contributed by atoms with Crippen molar-refractivity contribution >= 4 is 0 Å². The molecule has 0 saturated heterocycles. The molecule has 2 N–H and O–H groups in total. The van der Waals surface area contributed by atoms with E-state index >= 15 is 0 Å². The highest BCUT2D eigenvalue weighted by molar-refractivity contribution is 5.40. The molecule has 2 aromatic rings. The summed E-state index contributed by atoms with van der Waals surface area (Å²) in [6.07, 6.45) is 0.959. The van der Waals surface area contributed by atoms with Crippen LogP contribution in [-0.4, -0.2) is 6.04 Å². The van der Waals surface area contributed by atoms with Gasteiger partial charge in [-0.1, -0.05) is 67.6 Å². The van der Waals surface area contributed by atoms with Gasteiger partial charge in [0.25, 0.3) is 0 Å². The smallest absolute Gasteiger partial charge is 0.0325 e. The number of hydrogen-bond donors (Lipinski definition) is 1. The molecule has 1 atom stereocenters. The van der Waals surface area contributed by atoms with Crippen LogP contribution in [0.2, 0.25) is 0 Å². The number of hydrogen-bond acceptors (Lipinski definition) is 1. The molecule has 0 bridgehead atoms. The largest absolute Gasteiger partial charge is 0.327 e. The Morgan fingerprint density at radius 2 is 1.28 bits per heavy atom. The van der Waals surface area contributed by atoms with Crippen molar-refractivity contribution < 1.29 is 0 Å². The van der Waals surface area contributed by atoms with E-state index in [0.29, 0.717) is 0 Å². The number of benzene rings is 2. The molecule has 0 aromatic heterocycles. The fraction of sp³-hybridized carbons (Fsp3) is 0.294. The van der Waals surface area contributed by atoms with Crippen molar-refractivity contribution in [2.75, 3.05) is 0 Å². The van der Waals surface area contributed by atoms with Crippen molar-refractivity contribution in [3.63, 3.8) is 0 Å². The average molecular weight is 239 g/mol. The Bertz CT molecular complexity index is 436. The second kappa shape index (κ2) is 5.36. The van der Waals surface area contributed by atoms with Crippen LogP contribution in [-0.2, 0) is 5.41 Å². The molecule has 0 aliphatic heterocycles. The van der Waals surface area contributed by atoms with Crippen LogP contribution in [0.25, 0.3) is 0 Å². The van der Waals surface area contributed by atoms with Gasteiger partial charge in [-0.3, -0.25) is 0 Å². The fourth-order valence-corrected chi connectivity index (χ4v) is 2.57. The average Bonchev–Trinajstić information content (AvgIpc) is 2.47. The Hall–Kier alpha value is -1.60. The molecule has 1 nitrogen and oxygen atoms in total. The lowest BCUT2D eigenvalue weighted by molar-refractivity contribution is 0.431. The minimum atomic E-state index is -0.128. The van der Waals surface area contributed by atoms with E-state index in [4.69, 9.17) is 5.73 Å². The zero-order chi connectivity index (χ0) is 13.0. The molecule has 18 heavy (non-hydrogen) atoms. The first-order chi connectivity index (χ1) is 8.69. The van der Waals surface area contributed by atoms with Gasteiger partial charge in [0, 0.05) is 11.5 Å². The van der Waals surface area contributed by atoms with Gasteiger partial charge >= 0.3 is 0 Å². The van der Waals surface area contributed by atoms with Gasteiger partial charge < -0.3 is 5.73 Å². The first-order valence-electron chi connectivity index (χ1n) is 6.56. The third kappa shape index (κ3) is 2.19. The van der Waals surface area contributed by atoms with Gasteiger partial charge in [0.2, 0.25) is 0 Å². The van der Waals surface area contributed by atoms with E-state index in [2.05, 4.69) is 62.4 Å². The molecule has 0 radical (unpaired) electrons. The topological polar surface area (TPSA) is 26.0 Å². The minimum Gasteiger partial charge on any atom is -0.327 e. The third-order valence-corrected chi connectivity index (χ3v) is 3.93. The van der Waals surface area contributed by atoms with E-state index in [0.717, 1.165) is 6.42 Å². The Kier molecular flexibility index (Phi) is 3.83. The SMILES string of the molecule is CCC(N)C(C)(c1ccccc1)c1ccccc1. The molecule has 0 fully saturated rings. The van der Waals surface area contributed by atoms with Crippen LogP contribution in [0, 0.1) is 0 Å². The minimum absolute atomic E-state index is 0.113. The van der Waals surface area contributed by atoms with E-state index < -0.39 is 0 Å². The van der Waals surface area contributed by atoms with Crippen LogP contribution in [0.4, 0.5) is 0 Å². The van der Waals surface area contributed by atoms with Crippen molar-refractivity contribution in [1.29, 1.82) is 0 Å². The second-order valence-corrected chi connectivity index (χ2v) is 4.95. The normalized spacial score (nSPS) is 13.3. The van der Waals surface area contributed by atoms with Gasteiger partial charge in [-0.15, -0.1) is 0 Å². The molecule has 0 spiro atoms. The summed E-state index contributed by atoms with van der Waals surface area (Å²) in [5.41, 5.74) is 8.85. The zero-order valence-electron chi connectivity index (χ0n) is 11.1. The van der Waals surface area contributed by atoms with Crippen molar-refractivity contribution in [3.8, 4) is 0 Å². The van der Waals surface area contributed by atoms with Crippen LogP contribution >= 0.6 is 0 Å². The van der Waals surface area contributed by atoms with Crippen LogP contribution in [0.5, 0.6) is 0 Å². The highest BCUT2D eigenvalue weighted by Crippen LogP contribution is 2.35. The molecule has 1 heteroatoms. The lowest BCUT2D eigenvalue weighted by Crippen LogP contribution is -2.43. The summed E-state index contributed by atoms with van der Waals surface area (Å²) in [7, 11) is 0. The molecule has 0 amide bonds. The quantitative estimate of drug-likeness (QED) is 0.864. The summed E-state index contributed by atoms with van der Waals surface area (Å²) in [5.74, 6) is 0.